The normalized spacial score (nSPS) is 11.7. The van der Waals surface area contributed by atoms with Crippen molar-refractivity contribution in [3.63, 3.8) is 0 Å². The van der Waals surface area contributed by atoms with Crippen LogP contribution in [0.3, 0.4) is 0 Å². The van der Waals surface area contributed by atoms with Crippen molar-refractivity contribution in [1.82, 2.24) is 5.32 Å². The minimum absolute atomic E-state index is 0.0667. The molecule has 1 heterocycles. The third kappa shape index (κ3) is 4.32. The van der Waals surface area contributed by atoms with E-state index in [9.17, 15) is 9.59 Å². The minimum atomic E-state index is -0.947. The Bertz CT molecular complexity index is 678. The second-order valence-corrected chi connectivity index (χ2v) is 6.19. The van der Waals surface area contributed by atoms with Crippen LogP contribution in [0.25, 0.3) is 0 Å². The Labute approximate surface area is 138 Å². The fourth-order valence-corrected chi connectivity index (χ4v) is 3.08. The number of carboxylic acids is 1. The van der Waals surface area contributed by atoms with Gasteiger partial charge in [-0.25, -0.2) is 4.79 Å². The summed E-state index contributed by atoms with van der Waals surface area (Å²) in [6, 6.07) is 10.7. The van der Waals surface area contributed by atoms with Crippen molar-refractivity contribution >= 4 is 23.2 Å². The molecular formula is C17H19NO4S. The summed E-state index contributed by atoms with van der Waals surface area (Å²) in [5.74, 6) is -0.496. The average Bonchev–Trinajstić information content (AvgIpc) is 3.03. The Balaban J connectivity index is 1.99. The maximum atomic E-state index is 12.4. The van der Waals surface area contributed by atoms with Gasteiger partial charge < -0.3 is 15.2 Å². The summed E-state index contributed by atoms with van der Waals surface area (Å²) in [6.07, 6.45) is 0.684. The maximum Gasteiger partial charge on any atom is 0.345 e. The Kier molecular flexibility index (Phi) is 5.76. The lowest BCUT2D eigenvalue weighted by molar-refractivity contribution is -0.122. The molecule has 2 aromatic rings. The van der Waals surface area contributed by atoms with E-state index in [2.05, 4.69) is 5.32 Å². The highest BCUT2D eigenvalue weighted by Gasteiger charge is 2.18. The Morgan fingerprint density at radius 1 is 1.22 bits per heavy atom. The van der Waals surface area contributed by atoms with Gasteiger partial charge in [0.15, 0.2) is 0 Å². The standard InChI is InChI=1S/C17H19NO4S/c1-3-14(11-4-6-12(22-2)7-5-11)16(19)18-10-13-8-9-15(23-13)17(20)21/h4-9,14H,3,10H2,1-2H3,(H,18,19)(H,20,21). The molecule has 0 radical (unpaired) electrons. The molecule has 2 N–H and O–H groups in total. The SMILES string of the molecule is CCC(C(=O)NCc1ccc(C(=O)O)s1)c1ccc(OC)cc1. The molecule has 0 spiro atoms. The van der Waals surface area contributed by atoms with E-state index in [1.165, 1.54) is 11.3 Å². The third-order valence-electron chi connectivity index (χ3n) is 3.55. The van der Waals surface area contributed by atoms with E-state index in [4.69, 9.17) is 9.84 Å². The van der Waals surface area contributed by atoms with Crippen LogP contribution < -0.4 is 10.1 Å². The molecule has 1 amide bonds. The van der Waals surface area contributed by atoms with Gasteiger partial charge in [-0.05, 0) is 36.2 Å². The first-order chi connectivity index (χ1) is 11.0. The molecule has 0 bridgehead atoms. The molecule has 1 aromatic carbocycles. The highest BCUT2D eigenvalue weighted by Crippen LogP contribution is 2.23. The summed E-state index contributed by atoms with van der Waals surface area (Å²) in [7, 11) is 1.60. The number of hydrogen-bond donors (Lipinski definition) is 2. The molecule has 0 saturated heterocycles. The Morgan fingerprint density at radius 3 is 2.43 bits per heavy atom. The van der Waals surface area contributed by atoms with Gasteiger partial charge in [0.25, 0.3) is 0 Å². The molecule has 2 rings (SSSR count). The zero-order valence-corrected chi connectivity index (χ0v) is 13.9. The number of hydrogen-bond acceptors (Lipinski definition) is 4. The van der Waals surface area contributed by atoms with Crippen molar-refractivity contribution in [3.05, 3.63) is 51.7 Å². The van der Waals surface area contributed by atoms with Crippen molar-refractivity contribution in [2.24, 2.45) is 0 Å². The lowest BCUT2D eigenvalue weighted by atomic mass is 9.95. The van der Waals surface area contributed by atoms with Crippen molar-refractivity contribution in [2.75, 3.05) is 7.11 Å². The highest BCUT2D eigenvalue weighted by atomic mass is 32.1. The summed E-state index contributed by atoms with van der Waals surface area (Å²) in [5, 5.41) is 11.8. The number of thiophene rings is 1. The van der Waals surface area contributed by atoms with Crippen molar-refractivity contribution in [1.29, 1.82) is 0 Å². The predicted molar refractivity (Wildman–Crippen MR) is 89.2 cm³/mol. The molecule has 0 aliphatic carbocycles. The molecule has 23 heavy (non-hydrogen) atoms. The van der Waals surface area contributed by atoms with Crippen LogP contribution in [0.5, 0.6) is 5.75 Å². The van der Waals surface area contributed by atoms with E-state index in [0.717, 1.165) is 16.2 Å². The first kappa shape index (κ1) is 17.0. The number of carbonyl (C=O) groups is 2. The zero-order chi connectivity index (χ0) is 16.8. The van der Waals surface area contributed by atoms with Gasteiger partial charge in [0, 0.05) is 4.88 Å². The van der Waals surface area contributed by atoms with Gasteiger partial charge in [-0.3, -0.25) is 4.79 Å². The van der Waals surface area contributed by atoms with Crippen LogP contribution in [0.1, 0.15) is 39.4 Å². The first-order valence-electron chi connectivity index (χ1n) is 7.28. The van der Waals surface area contributed by atoms with Crippen LogP contribution >= 0.6 is 11.3 Å². The summed E-state index contributed by atoms with van der Waals surface area (Å²) in [5.41, 5.74) is 0.934. The van der Waals surface area contributed by atoms with Crippen molar-refractivity contribution in [3.8, 4) is 5.75 Å². The molecule has 1 aromatic heterocycles. The molecular weight excluding hydrogens is 314 g/mol. The van der Waals surface area contributed by atoms with Crippen LogP contribution in [0, 0.1) is 0 Å². The number of rotatable bonds is 7. The molecule has 0 fully saturated rings. The van der Waals surface area contributed by atoms with Crippen LogP contribution in [-0.4, -0.2) is 24.1 Å². The van der Waals surface area contributed by atoms with E-state index >= 15 is 0 Å². The smallest absolute Gasteiger partial charge is 0.345 e. The van der Waals surface area contributed by atoms with E-state index < -0.39 is 5.97 Å². The topological polar surface area (TPSA) is 75.6 Å². The van der Waals surface area contributed by atoms with E-state index in [1.54, 1.807) is 19.2 Å². The summed E-state index contributed by atoms with van der Waals surface area (Å²) >= 11 is 1.17. The van der Waals surface area contributed by atoms with Crippen LogP contribution in [0.4, 0.5) is 0 Å². The van der Waals surface area contributed by atoms with Gasteiger partial charge >= 0.3 is 5.97 Å². The third-order valence-corrected chi connectivity index (χ3v) is 4.63. The van der Waals surface area contributed by atoms with Gasteiger partial charge in [-0.2, -0.15) is 0 Å². The van der Waals surface area contributed by atoms with E-state index in [-0.39, 0.29) is 16.7 Å². The van der Waals surface area contributed by atoms with Gasteiger partial charge in [0.05, 0.1) is 19.6 Å². The first-order valence-corrected chi connectivity index (χ1v) is 8.10. The highest BCUT2D eigenvalue weighted by molar-refractivity contribution is 7.13. The molecule has 0 saturated carbocycles. The number of benzene rings is 1. The monoisotopic (exact) mass is 333 g/mol. The summed E-state index contributed by atoms with van der Waals surface area (Å²) < 4.78 is 5.12. The van der Waals surface area contributed by atoms with Crippen LogP contribution in [0.2, 0.25) is 0 Å². The number of carbonyl (C=O) groups excluding carboxylic acids is 1. The second-order valence-electron chi connectivity index (χ2n) is 5.02. The number of amides is 1. The van der Waals surface area contributed by atoms with Gasteiger partial charge in [0.2, 0.25) is 5.91 Å². The fraction of sp³-hybridized carbons (Fsp3) is 0.294. The van der Waals surface area contributed by atoms with E-state index in [0.29, 0.717) is 13.0 Å². The second kappa shape index (κ2) is 7.78. The quantitative estimate of drug-likeness (QED) is 0.815. The van der Waals surface area contributed by atoms with Gasteiger partial charge in [0.1, 0.15) is 10.6 Å². The van der Waals surface area contributed by atoms with Crippen molar-refractivity contribution in [2.45, 2.75) is 25.8 Å². The number of methoxy groups -OCH3 is 1. The molecule has 5 nitrogen and oxygen atoms in total. The van der Waals surface area contributed by atoms with Crippen LogP contribution in [-0.2, 0) is 11.3 Å². The largest absolute Gasteiger partial charge is 0.497 e. The van der Waals surface area contributed by atoms with E-state index in [1.807, 2.05) is 31.2 Å². The maximum absolute atomic E-state index is 12.4. The molecule has 1 unspecified atom stereocenters. The minimum Gasteiger partial charge on any atom is -0.497 e. The van der Waals surface area contributed by atoms with Crippen LogP contribution in [0.15, 0.2) is 36.4 Å². The average molecular weight is 333 g/mol. The number of nitrogens with one attached hydrogen (secondary N) is 1. The van der Waals surface area contributed by atoms with Gasteiger partial charge in [-0.15, -0.1) is 11.3 Å². The summed E-state index contributed by atoms with van der Waals surface area (Å²) in [6.45, 7) is 2.30. The number of aromatic carboxylic acids is 1. The molecule has 0 aliphatic heterocycles. The number of ether oxygens (including phenoxy) is 1. The predicted octanol–water partition coefficient (Wildman–Crippen LogP) is 3.26. The Hall–Kier alpha value is -2.34. The number of carboxylic acid groups (broad SMARTS) is 1. The molecule has 0 aliphatic rings. The fourth-order valence-electron chi connectivity index (χ4n) is 2.29. The summed E-state index contributed by atoms with van der Waals surface area (Å²) in [4.78, 5) is 24.3. The lowest BCUT2D eigenvalue weighted by Crippen LogP contribution is -2.28. The van der Waals surface area contributed by atoms with Crippen molar-refractivity contribution < 1.29 is 19.4 Å². The Morgan fingerprint density at radius 2 is 1.91 bits per heavy atom. The zero-order valence-electron chi connectivity index (χ0n) is 13.0. The molecule has 122 valence electrons. The van der Waals surface area contributed by atoms with Gasteiger partial charge in [-0.1, -0.05) is 19.1 Å². The lowest BCUT2D eigenvalue weighted by Gasteiger charge is -2.15. The molecule has 1 atom stereocenters. The molecule has 6 heteroatoms.